The van der Waals surface area contributed by atoms with E-state index in [2.05, 4.69) is 20.8 Å². The van der Waals surface area contributed by atoms with Gasteiger partial charge in [0.15, 0.2) is 11.5 Å². The second kappa shape index (κ2) is 8.11. The predicted molar refractivity (Wildman–Crippen MR) is 101 cm³/mol. The number of aryl methyl sites for hydroxylation is 1. The molecule has 0 spiro atoms. The minimum Gasteiger partial charge on any atom is -0.496 e. The summed E-state index contributed by atoms with van der Waals surface area (Å²) >= 11 is 0. The topological polar surface area (TPSA) is 76.1 Å². The molecule has 0 atom stereocenters. The molecule has 2 N–H and O–H groups in total. The Kier molecular flexibility index (Phi) is 5.43. The molecule has 0 aliphatic carbocycles. The van der Waals surface area contributed by atoms with Gasteiger partial charge in [0, 0.05) is 17.8 Å². The SMILES string of the molecule is COc1ccccc1CNC(=O)c1ccc(Nc2ccccc2C)nn1. The van der Waals surface area contributed by atoms with Gasteiger partial charge in [0.25, 0.3) is 5.91 Å². The fraction of sp³-hybridized carbons (Fsp3) is 0.150. The first-order chi connectivity index (χ1) is 12.7. The molecule has 0 fully saturated rings. The lowest BCUT2D eigenvalue weighted by Gasteiger charge is -2.10. The molecule has 0 bridgehead atoms. The lowest BCUT2D eigenvalue weighted by molar-refractivity contribution is 0.0944. The number of ether oxygens (including phenoxy) is 1. The molecule has 1 heterocycles. The second-order valence-corrected chi connectivity index (χ2v) is 5.74. The fourth-order valence-electron chi connectivity index (χ4n) is 2.49. The van der Waals surface area contributed by atoms with E-state index in [1.807, 2.05) is 55.5 Å². The van der Waals surface area contributed by atoms with Gasteiger partial charge in [-0.05, 0) is 36.8 Å². The maximum atomic E-state index is 12.3. The summed E-state index contributed by atoms with van der Waals surface area (Å²) in [6.07, 6.45) is 0. The van der Waals surface area contributed by atoms with Crippen LogP contribution in [-0.4, -0.2) is 23.2 Å². The zero-order chi connectivity index (χ0) is 18.4. The van der Waals surface area contributed by atoms with E-state index < -0.39 is 0 Å². The predicted octanol–water partition coefficient (Wildman–Crippen LogP) is 3.47. The van der Waals surface area contributed by atoms with Gasteiger partial charge in [-0.1, -0.05) is 36.4 Å². The van der Waals surface area contributed by atoms with Crippen molar-refractivity contribution < 1.29 is 9.53 Å². The van der Waals surface area contributed by atoms with Crippen molar-refractivity contribution in [3.63, 3.8) is 0 Å². The van der Waals surface area contributed by atoms with Crippen LogP contribution in [0.15, 0.2) is 60.7 Å². The third-order valence-corrected chi connectivity index (χ3v) is 3.94. The summed E-state index contributed by atoms with van der Waals surface area (Å²) < 4.78 is 5.28. The van der Waals surface area contributed by atoms with Crippen LogP contribution in [0.5, 0.6) is 5.75 Å². The Bertz CT molecular complexity index is 894. The molecule has 3 aromatic rings. The quantitative estimate of drug-likeness (QED) is 0.713. The molecule has 0 saturated carbocycles. The Morgan fingerprint density at radius 2 is 1.77 bits per heavy atom. The van der Waals surface area contributed by atoms with Gasteiger partial charge in [0.1, 0.15) is 5.75 Å². The van der Waals surface area contributed by atoms with E-state index in [1.165, 1.54) is 0 Å². The van der Waals surface area contributed by atoms with Crippen molar-refractivity contribution in [2.24, 2.45) is 0 Å². The molecule has 6 heteroatoms. The normalized spacial score (nSPS) is 10.2. The minimum absolute atomic E-state index is 0.259. The van der Waals surface area contributed by atoms with Crippen molar-refractivity contribution in [1.29, 1.82) is 0 Å². The number of anilines is 2. The van der Waals surface area contributed by atoms with E-state index in [-0.39, 0.29) is 11.6 Å². The number of para-hydroxylation sites is 2. The van der Waals surface area contributed by atoms with Crippen molar-refractivity contribution in [2.45, 2.75) is 13.5 Å². The van der Waals surface area contributed by atoms with E-state index in [0.29, 0.717) is 12.4 Å². The Morgan fingerprint density at radius 1 is 1.00 bits per heavy atom. The Labute approximate surface area is 152 Å². The summed E-state index contributed by atoms with van der Waals surface area (Å²) in [5.41, 5.74) is 3.22. The zero-order valence-corrected chi connectivity index (χ0v) is 14.7. The lowest BCUT2D eigenvalue weighted by Crippen LogP contribution is -2.24. The first-order valence-electron chi connectivity index (χ1n) is 8.24. The maximum Gasteiger partial charge on any atom is 0.272 e. The van der Waals surface area contributed by atoms with Crippen molar-refractivity contribution >= 4 is 17.4 Å². The smallest absolute Gasteiger partial charge is 0.272 e. The van der Waals surface area contributed by atoms with Crippen molar-refractivity contribution in [3.05, 3.63) is 77.5 Å². The average Bonchev–Trinajstić information content (AvgIpc) is 2.68. The molecule has 0 saturated heterocycles. The number of carbonyl (C=O) groups is 1. The van der Waals surface area contributed by atoms with E-state index in [9.17, 15) is 4.79 Å². The summed E-state index contributed by atoms with van der Waals surface area (Å²) in [4.78, 5) is 12.3. The maximum absolute atomic E-state index is 12.3. The molecule has 1 amide bonds. The molecule has 6 nitrogen and oxygen atoms in total. The molecule has 26 heavy (non-hydrogen) atoms. The minimum atomic E-state index is -0.286. The number of hydrogen-bond donors (Lipinski definition) is 2. The van der Waals surface area contributed by atoms with Gasteiger partial charge in [-0.15, -0.1) is 10.2 Å². The summed E-state index contributed by atoms with van der Waals surface area (Å²) in [7, 11) is 1.60. The Hall–Kier alpha value is -3.41. The Balaban J connectivity index is 1.63. The number of rotatable bonds is 6. The van der Waals surface area contributed by atoms with Crippen molar-refractivity contribution in [3.8, 4) is 5.75 Å². The third-order valence-electron chi connectivity index (χ3n) is 3.94. The van der Waals surface area contributed by atoms with E-state index in [0.717, 1.165) is 22.6 Å². The first kappa shape index (κ1) is 17.4. The molecule has 0 aliphatic rings. The molecule has 0 radical (unpaired) electrons. The number of aromatic nitrogens is 2. The van der Waals surface area contributed by atoms with Crippen LogP contribution < -0.4 is 15.4 Å². The van der Waals surface area contributed by atoms with Gasteiger partial charge in [-0.25, -0.2) is 0 Å². The van der Waals surface area contributed by atoms with E-state index in [1.54, 1.807) is 19.2 Å². The highest BCUT2D eigenvalue weighted by Gasteiger charge is 2.10. The fourth-order valence-corrected chi connectivity index (χ4v) is 2.49. The van der Waals surface area contributed by atoms with E-state index >= 15 is 0 Å². The molecule has 1 aromatic heterocycles. The zero-order valence-electron chi connectivity index (χ0n) is 14.7. The number of nitrogens with one attached hydrogen (secondary N) is 2. The van der Waals surface area contributed by atoms with Gasteiger partial charge in [0.2, 0.25) is 0 Å². The van der Waals surface area contributed by atoms with Crippen LogP contribution in [0, 0.1) is 6.92 Å². The second-order valence-electron chi connectivity index (χ2n) is 5.74. The molecule has 132 valence electrons. The van der Waals surface area contributed by atoms with Crippen LogP contribution >= 0.6 is 0 Å². The molecule has 0 aliphatic heterocycles. The number of nitrogens with zero attached hydrogens (tertiary/aromatic N) is 2. The highest BCUT2D eigenvalue weighted by molar-refractivity contribution is 5.92. The van der Waals surface area contributed by atoms with Gasteiger partial charge in [-0.2, -0.15) is 0 Å². The summed E-state index contributed by atoms with van der Waals surface area (Å²) in [5.74, 6) is 1.03. The average molecular weight is 348 g/mol. The molecule has 2 aromatic carbocycles. The highest BCUT2D eigenvalue weighted by Crippen LogP contribution is 2.18. The molecule has 0 unspecified atom stereocenters. The van der Waals surface area contributed by atoms with Gasteiger partial charge < -0.3 is 15.4 Å². The van der Waals surface area contributed by atoms with Crippen LogP contribution in [0.1, 0.15) is 21.6 Å². The van der Waals surface area contributed by atoms with E-state index in [4.69, 9.17) is 4.74 Å². The summed E-state index contributed by atoms with van der Waals surface area (Å²) in [5, 5.41) is 14.1. The number of methoxy groups -OCH3 is 1. The number of benzene rings is 2. The number of amides is 1. The number of carbonyl (C=O) groups excluding carboxylic acids is 1. The van der Waals surface area contributed by atoms with Crippen LogP contribution in [0.25, 0.3) is 0 Å². The van der Waals surface area contributed by atoms with Crippen molar-refractivity contribution in [2.75, 3.05) is 12.4 Å². The van der Waals surface area contributed by atoms with Crippen LogP contribution in [0.3, 0.4) is 0 Å². The Morgan fingerprint density at radius 3 is 2.50 bits per heavy atom. The number of hydrogen-bond acceptors (Lipinski definition) is 5. The standard InChI is InChI=1S/C20H20N4O2/c1-14-7-3-5-9-16(14)22-19-12-11-17(23-24-19)20(25)21-13-15-8-4-6-10-18(15)26-2/h3-12H,13H2,1-2H3,(H,21,25)(H,22,24). The largest absolute Gasteiger partial charge is 0.496 e. The van der Waals surface area contributed by atoms with Crippen molar-refractivity contribution in [1.82, 2.24) is 15.5 Å². The van der Waals surface area contributed by atoms with Gasteiger partial charge >= 0.3 is 0 Å². The first-order valence-corrected chi connectivity index (χ1v) is 8.24. The summed E-state index contributed by atoms with van der Waals surface area (Å²) in [6.45, 7) is 2.36. The van der Waals surface area contributed by atoms with Crippen LogP contribution in [0.4, 0.5) is 11.5 Å². The molecular weight excluding hydrogens is 328 g/mol. The molecular formula is C20H20N4O2. The monoisotopic (exact) mass is 348 g/mol. The lowest BCUT2D eigenvalue weighted by atomic mass is 10.2. The highest BCUT2D eigenvalue weighted by atomic mass is 16.5. The molecule has 3 rings (SSSR count). The van der Waals surface area contributed by atoms with Gasteiger partial charge in [0.05, 0.1) is 7.11 Å². The van der Waals surface area contributed by atoms with Crippen LogP contribution in [0.2, 0.25) is 0 Å². The third kappa shape index (κ3) is 4.16. The summed E-state index contributed by atoms with van der Waals surface area (Å²) in [6, 6.07) is 18.8. The van der Waals surface area contributed by atoms with Crippen LogP contribution in [-0.2, 0) is 6.54 Å². The van der Waals surface area contributed by atoms with Gasteiger partial charge in [-0.3, -0.25) is 4.79 Å².